The van der Waals surface area contributed by atoms with Gasteiger partial charge in [0, 0.05) is 18.0 Å². The smallest absolute Gasteiger partial charge is 0.261 e. The van der Waals surface area contributed by atoms with Gasteiger partial charge in [-0.1, -0.05) is 6.07 Å². The Morgan fingerprint density at radius 2 is 1.80 bits per heavy atom. The SMILES string of the molecule is Cc1ccn(-c2ccc(Oc3ccc(NS(=O)(=O)c4cccc(F)c4)cc3)nn2)n1. The Morgan fingerprint density at radius 3 is 2.43 bits per heavy atom. The van der Waals surface area contributed by atoms with Crippen LogP contribution in [0.2, 0.25) is 0 Å². The Kier molecular flexibility index (Phi) is 5.15. The maximum absolute atomic E-state index is 13.3. The first kappa shape index (κ1) is 19.5. The molecule has 30 heavy (non-hydrogen) atoms. The summed E-state index contributed by atoms with van der Waals surface area (Å²) in [5.74, 6) is 0.644. The maximum atomic E-state index is 13.3. The number of halogens is 1. The number of hydrogen-bond acceptors (Lipinski definition) is 6. The Balaban J connectivity index is 1.43. The van der Waals surface area contributed by atoms with Crippen LogP contribution < -0.4 is 9.46 Å². The van der Waals surface area contributed by atoms with Crippen LogP contribution in [0.4, 0.5) is 10.1 Å². The molecule has 0 radical (unpaired) electrons. The van der Waals surface area contributed by atoms with Crippen LogP contribution in [0.1, 0.15) is 5.69 Å². The Labute approximate surface area is 172 Å². The van der Waals surface area contributed by atoms with E-state index < -0.39 is 15.8 Å². The molecular formula is C20H16FN5O3S. The van der Waals surface area contributed by atoms with Crippen molar-refractivity contribution in [3.63, 3.8) is 0 Å². The van der Waals surface area contributed by atoms with Gasteiger partial charge in [0.05, 0.1) is 10.6 Å². The van der Waals surface area contributed by atoms with Gasteiger partial charge in [-0.3, -0.25) is 4.72 Å². The van der Waals surface area contributed by atoms with Crippen LogP contribution in [0.3, 0.4) is 0 Å². The van der Waals surface area contributed by atoms with E-state index in [1.807, 2.05) is 13.0 Å². The Morgan fingerprint density at radius 1 is 1.00 bits per heavy atom. The lowest BCUT2D eigenvalue weighted by Crippen LogP contribution is -2.13. The molecule has 0 saturated carbocycles. The first-order chi connectivity index (χ1) is 14.4. The summed E-state index contributed by atoms with van der Waals surface area (Å²) in [5, 5.41) is 12.3. The fourth-order valence-corrected chi connectivity index (χ4v) is 3.68. The molecular weight excluding hydrogens is 409 g/mol. The molecule has 4 rings (SSSR count). The number of aromatic nitrogens is 4. The van der Waals surface area contributed by atoms with Crippen molar-refractivity contribution in [1.29, 1.82) is 0 Å². The molecule has 2 heterocycles. The lowest BCUT2D eigenvalue weighted by atomic mass is 10.3. The molecule has 2 aromatic heterocycles. The summed E-state index contributed by atoms with van der Waals surface area (Å²) in [5.41, 5.74) is 1.17. The highest BCUT2D eigenvalue weighted by Gasteiger charge is 2.15. The van der Waals surface area contributed by atoms with E-state index in [9.17, 15) is 12.8 Å². The van der Waals surface area contributed by atoms with Crippen molar-refractivity contribution in [2.45, 2.75) is 11.8 Å². The largest absolute Gasteiger partial charge is 0.438 e. The van der Waals surface area contributed by atoms with E-state index in [0.717, 1.165) is 11.8 Å². The van der Waals surface area contributed by atoms with E-state index in [4.69, 9.17) is 4.74 Å². The van der Waals surface area contributed by atoms with Crippen LogP contribution >= 0.6 is 0 Å². The highest BCUT2D eigenvalue weighted by atomic mass is 32.2. The second-order valence-corrected chi connectivity index (χ2v) is 8.00. The minimum atomic E-state index is -3.90. The summed E-state index contributed by atoms with van der Waals surface area (Å²) in [6.07, 6.45) is 1.78. The van der Waals surface area contributed by atoms with E-state index >= 15 is 0 Å². The van der Waals surface area contributed by atoms with Crippen LogP contribution in [-0.2, 0) is 10.0 Å². The number of anilines is 1. The summed E-state index contributed by atoms with van der Waals surface area (Å²) in [6.45, 7) is 1.88. The molecule has 0 aliphatic heterocycles. The predicted molar refractivity (Wildman–Crippen MR) is 108 cm³/mol. The third-order valence-electron chi connectivity index (χ3n) is 4.02. The first-order valence-electron chi connectivity index (χ1n) is 8.82. The molecule has 0 atom stereocenters. The van der Waals surface area contributed by atoms with Crippen LogP contribution in [0.5, 0.6) is 11.6 Å². The van der Waals surface area contributed by atoms with Crippen molar-refractivity contribution >= 4 is 15.7 Å². The van der Waals surface area contributed by atoms with Crippen molar-refractivity contribution in [3.8, 4) is 17.4 Å². The zero-order valence-corrected chi connectivity index (χ0v) is 16.5. The van der Waals surface area contributed by atoms with E-state index in [2.05, 4.69) is 20.0 Å². The molecule has 4 aromatic rings. The molecule has 0 bridgehead atoms. The first-order valence-corrected chi connectivity index (χ1v) is 10.3. The molecule has 0 aliphatic carbocycles. The molecule has 0 saturated heterocycles. The molecule has 0 fully saturated rings. The van der Waals surface area contributed by atoms with Gasteiger partial charge in [0.1, 0.15) is 11.6 Å². The summed E-state index contributed by atoms with van der Waals surface area (Å²) in [6, 6.07) is 16.2. The second-order valence-electron chi connectivity index (χ2n) is 6.32. The minimum Gasteiger partial charge on any atom is -0.438 e. The highest BCUT2D eigenvalue weighted by Crippen LogP contribution is 2.23. The Bertz CT molecular complexity index is 1270. The number of aryl methyl sites for hydroxylation is 1. The van der Waals surface area contributed by atoms with Crippen LogP contribution in [0, 0.1) is 12.7 Å². The van der Waals surface area contributed by atoms with Crippen LogP contribution in [0.25, 0.3) is 5.82 Å². The summed E-state index contributed by atoms with van der Waals surface area (Å²) >= 11 is 0. The molecule has 1 N–H and O–H groups in total. The zero-order chi connectivity index (χ0) is 21.1. The Hall–Kier alpha value is -3.79. The van der Waals surface area contributed by atoms with Crippen molar-refractivity contribution in [2.24, 2.45) is 0 Å². The normalized spacial score (nSPS) is 11.3. The van der Waals surface area contributed by atoms with Gasteiger partial charge in [-0.2, -0.15) is 5.10 Å². The van der Waals surface area contributed by atoms with E-state index in [-0.39, 0.29) is 10.8 Å². The van der Waals surface area contributed by atoms with Gasteiger partial charge in [0.25, 0.3) is 10.0 Å². The van der Waals surface area contributed by atoms with Gasteiger partial charge in [-0.15, -0.1) is 10.2 Å². The topological polar surface area (TPSA) is 99.0 Å². The summed E-state index contributed by atoms with van der Waals surface area (Å²) in [4.78, 5) is -0.162. The average Bonchev–Trinajstić information content (AvgIpc) is 3.16. The number of sulfonamides is 1. The van der Waals surface area contributed by atoms with Crippen molar-refractivity contribution < 1.29 is 17.5 Å². The number of rotatable bonds is 6. The number of benzene rings is 2. The van der Waals surface area contributed by atoms with E-state index in [1.54, 1.807) is 35.1 Å². The van der Waals surface area contributed by atoms with Crippen molar-refractivity contribution in [3.05, 3.63) is 84.4 Å². The second kappa shape index (κ2) is 7.91. The van der Waals surface area contributed by atoms with E-state index in [1.165, 1.54) is 30.3 Å². The number of ether oxygens (including phenoxy) is 1. The van der Waals surface area contributed by atoms with Crippen LogP contribution in [-0.4, -0.2) is 28.4 Å². The fourth-order valence-electron chi connectivity index (χ4n) is 2.59. The van der Waals surface area contributed by atoms with E-state index in [0.29, 0.717) is 17.3 Å². The van der Waals surface area contributed by atoms with Gasteiger partial charge < -0.3 is 4.74 Å². The predicted octanol–water partition coefficient (Wildman–Crippen LogP) is 3.70. The zero-order valence-electron chi connectivity index (χ0n) is 15.7. The number of nitrogens with zero attached hydrogens (tertiary/aromatic N) is 4. The molecule has 0 amide bonds. The number of nitrogens with one attached hydrogen (secondary N) is 1. The highest BCUT2D eigenvalue weighted by molar-refractivity contribution is 7.92. The standard InChI is InChI=1S/C20H16FN5O3S/c1-14-11-12-26(24-14)19-9-10-20(23-22-19)29-17-7-5-16(6-8-17)25-30(27,28)18-4-2-3-15(21)13-18/h2-13,25H,1H3. The van der Waals surface area contributed by atoms with Crippen LogP contribution in [0.15, 0.2) is 77.8 Å². The quantitative estimate of drug-likeness (QED) is 0.506. The average molecular weight is 425 g/mol. The summed E-state index contributed by atoms with van der Waals surface area (Å²) in [7, 11) is -3.90. The van der Waals surface area contributed by atoms with Crippen molar-refractivity contribution in [1.82, 2.24) is 20.0 Å². The van der Waals surface area contributed by atoms with Gasteiger partial charge in [-0.25, -0.2) is 17.5 Å². The number of hydrogen-bond donors (Lipinski definition) is 1. The molecule has 8 nitrogen and oxygen atoms in total. The molecule has 0 spiro atoms. The molecule has 0 unspecified atom stereocenters. The van der Waals surface area contributed by atoms with Gasteiger partial charge in [0.15, 0.2) is 5.82 Å². The molecule has 10 heteroatoms. The fraction of sp³-hybridized carbons (Fsp3) is 0.0500. The monoisotopic (exact) mass is 425 g/mol. The lowest BCUT2D eigenvalue weighted by molar-refractivity contribution is 0.454. The molecule has 152 valence electrons. The van der Waals surface area contributed by atoms with Crippen molar-refractivity contribution in [2.75, 3.05) is 4.72 Å². The maximum Gasteiger partial charge on any atom is 0.261 e. The third-order valence-corrected chi connectivity index (χ3v) is 5.40. The molecule has 0 aliphatic rings. The van der Waals surface area contributed by atoms with Gasteiger partial charge in [0.2, 0.25) is 5.88 Å². The minimum absolute atomic E-state index is 0.162. The third kappa shape index (κ3) is 4.44. The van der Waals surface area contributed by atoms with Gasteiger partial charge >= 0.3 is 0 Å². The lowest BCUT2D eigenvalue weighted by Gasteiger charge is -2.09. The molecule has 2 aromatic carbocycles. The summed E-state index contributed by atoms with van der Waals surface area (Å²) < 4.78 is 47.6. The van der Waals surface area contributed by atoms with Gasteiger partial charge in [-0.05, 0) is 61.5 Å².